The summed E-state index contributed by atoms with van der Waals surface area (Å²) < 4.78 is 5.76. The molecule has 1 aliphatic rings. The Morgan fingerprint density at radius 2 is 2.06 bits per heavy atom. The van der Waals surface area contributed by atoms with Crippen LogP contribution in [0.4, 0.5) is 5.69 Å². The number of benzene rings is 1. The zero-order chi connectivity index (χ0) is 13.0. The van der Waals surface area contributed by atoms with Crippen LogP contribution in [0.25, 0.3) is 0 Å². The number of nitro groups is 1. The van der Waals surface area contributed by atoms with Crippen molar-refractivity contribution in [3.05, 3.63) is 33.9 Å². The molecule has 2 rings (SSSR count). The van der Waals surface area contributed by atoms with Gasteiger partial charge < -0.3 is 4.74 Å². The fourth-order valence-corrected chi connectivity index (χ4v) is 2.42. The molecule has 98 valence electrons. The molecule has 0 radical (unpaired) electrons. The maximum absolute atomic E-state index is 11.0. The standard InChI is InChI=1S/C13H16ClNO3/c14-9-10-6-7-13(12(8-10)15(16)17)18-11-4-2-1-3-5-11/h6-8,11H,1-5,9H2. The molecule has 1 fully saturated rings. The van der Waals surface area contributed by atoms with Gasteiger partial charge in [0.2, 0.25) is 0 Å². The van der Waals surface area contributed by atoms with E-state index < -0.39 is 4.92 Å². The Labute approximate surface area is 111 Å². The number of hydrogen-bond acceptors (Lipinski definition) is 3. The summed E-state index contributed by atoms with van der Waals surface area (Å²) in [5, 5.41) is 11.0. The predicted molar refractivity (Wildman–Crippen MR) is 70.2 cm³/mol. The molecule has 0 saturated heterocycles. The predicted octanol–water partition coefficient (Wildman–Crippen LogP) is 4.05. The van der Waals surface area contributed by atoms with Gasteiger partial charge in [0.15, 0.2) is 5.75 Å². The van der Waals surface area contributed by atoms with Gasteiger partial charge in [-0.15, -0.1) is 11.6 Å². The van der Waals surface area contributed by atoms with Crippen LogP contribution >= 0.6 is 11.6 Å². The van der Waals surface area contributed by atoms with Gasteiger partial charge in [-0.25, -0.2) is 0 Å². The number of ether oxygens (including phenoxy) is 1. The zero-order valence-corrected chi connectivity index (χ0v) is 10.9. The van der Waals surface area contributed by atoms with Crippen molar-refractivity contribution < 1.29 is 9.66 Å². The first-order valence-electron chi connectivity index (χ1n) is 6.20. The Kier molecular flexibility index (Phi) is 4.42. The fourth-order valence-electron chi connectivity index (χ4n) is 2.25. The minimum absolute atomic E-state index is 0.0127. The number of nitro benzene ring substituents is 1. The molecule has 0 heterocycles. The number of alkyl halides is 1. The van der Waals surface area contributed by atoms with E-state index in [4.69, 9.17) is 16.3 Å². The van der Waals surface area contributed by atoms with Crippen LogP contribution in [0.3, 0.4) is 0 Å². The molecule has 0 bridgehead atoms. The first kappa shape index (κ1) is 13.1. The van der Waals surface area contributed by atoms with E-state index in [0.29, 0.717) is 5.75 Å². The van der Waals surface area contributed by atoms with E-state index >= 15 is 0 Å². The van der Waals surface area contributed by atoms with Crippen molar-refractivity contribution in [3.63, 3.8) is 0 Å². The third-order valence-corrected chi connectivity index (χ3v) is 3.53. The first-order valence-corrected chi connectivity index (χ1v) is 6.74. The molecule has 18 heavy (non-hydrogen) atoms. The maximum atomic E-state index is 11.0. The molecule has 0 N–H and O–H groups in total. The fraction of sp³-hybridized carbons (Fsp3) is 0.538. The highest BCUT2D eigenvalue weighted by Crippen LogP contribution is 2.32. The van der Waals surface area contributed by atoms with Crippen LogP contribution in [0.1, 0.15) is 37.7 Å². The van der Waals surface area contributed by atoms with Crippen molar-refractivity contribution in [2.24, 2.45) is 0 Å². The van der Waals surface area contributed by atoms with E-state index in [9.17, 15) is 10.1 Å². The van der Waals surface area contributed by atoms with Crippen LogP contribution in [0, 0.1) is 10.1 Å². The highest BCUT2D eigenvalue weighted by molar-refractivity contribution is 6.17. The third kappa shape index (κ3) is 3.13. The molecule has 0 aliphatic heterocycles. The smallest absolute Gasteiger partial charge is 0.311 e. The van der Waals surface area contributed by atoms with Gasteiger partial charge in [0.1, 0.15) is 0 Å². The van der Waals surface area contributed by atoms with Crippen LogP contribution in [-0.4, -0.2) is 11.0 Å². The molecule has 0 spiro atoms. The Morgan fingerprint density at radius 3 is 2.67 bits per heavy atom. The van der Waals surface area contributed by atoms with E-state index in [0.717, 1.165) is 31.2 Å². The van der Waals surface area contributed by atoms with E-state index in [1.54, 1.807) is 12.1 Å². The van der Waals surface area contributed by atoms with Gasteiger partial charge in [0, 0.05) is 11.9 Å². The molecule has 1 aromatic carbocycles. The van der Waals surface area contributed by atoms with Gasteiger partial charge in [-0.2, -0.15) is 0 Å². The highest BCUT2D eigenvalue weighted by atomic mass is 35.5. The molecule has 1 saturated carbocycles. The summed E-state index contributed by atoms with van der Waals surface area (Å²) in [6, 6.07) is 4.92. The Morgan fingerprint density at radius 1 is 1.33 bits per heavy atom. The lowest BCUT2D eigenvalue weighted by Crippen LogP contribution is -2.20. The number of halogens is 1. The van der Waals surface area contributed by atoms with Crippen LogP contribution < -0.4 is 4.74 Å². The average molecular weight is 270 g/mol. The van der Waals surface area contributed by atoms with Crippen molar-refractivity contribution in [2.75, 3.05) is 0 Å². The molecule has 4 nitrogen and oxygen atoms in total. The summed E-state index contributed by atoms with van der Waals surface area (Å²) in [5.41, 5.74) is 0.748. The summed E-state index contributed by atoms with van der Waals surface area (Å²) in [5.74, 6) is 0.630. The monoisotopic (exact) mass is 269 g/mol. The van der Waals surface area contributed by atoms with Crippen molar-refractivity contribution in [2.45, 2.75) is 44.1 Å². The van der Waals surface area contributed by atoms with Crippen LogP contribution in [0.2, 0.25) is 0 Å². The molecule has 0 atom stereocenters. The van der Waals surface area contributed by atoms with Crippen LogP contribution in [-0.2, 0) is 5.88 Å². The van der Waals surface area contributed by atoms with Gasteiger partial charge in [-0.1, -0.05) is 12.5 Å². The first-order chi connectivity index (χ1) is 8.70. The second-order valence-electron chi connectivity index (χ2n) is 4.57. The lowest BCUT2D eigenvalue weighted by molar-refractivity contribution is -0.386. The maximum Gasteiger partial charge on any atom is 0.311 e. The van der Waals surface area contributed by atoms with Crippen molar-refractivity contribution in [1.82, 2.24) is 0 Å². The van der Waals surface area contributed by atoms with Gasteiger partial charge in [-0.05, 0) is 37.3 Å². The number of rotatable bonds is 4. The molecule has 5 heteroatoms. The van der Waals surface area contributed by atoms with E-state index in [-0.39, 0.29) is 17.7 Å². The second-order valence-corrected chi connectivity index (χ2v) is 4.84. The number of nitrogens with zero attached hydrogens (tertiary/aromatic N) is 1. The van der Waals surface area contributed by atoms with Gasteiger partial charge in [0.25, 0.3) is 0 Å². The lowest BCUT2D eigenvalue weighted by atomic mass is 9.98. The third-order valence-electron chi connectivity index (χ3n) is 3.22. The van der Waals surface area contributed by atoms with Gasteiger partial charge in [-0.3, -0.25) is 10.1 Å². The summed E-state index contributed by atoms with van der Waals surface area (Å²) in [6.45, 7) is 0. The SMILES string of the molecule is O=[N+]([O-])c1cc(CCl)ccc1OC1CCCCC1. The highest BCUT2D eigenvalue weighted by Gasteiger charge is 2.21. The van der Waals surface area contributed by atoms with Crippen molar-refractivity contribution >= 4 is 17.3 Å². The summed E-state index contributed by atoms with van der Waals surface area (Å²) in [4.78, 5) is 10.6. The van der Waals surface area contributed by atoms with Gasteiger partial charge in [0.05, 0.1) is 11.0 Å². The lowest BCUT2D eigenvalue weighted by Gasteiger charge is -2.22. The molecular weight excluding hydrogens is 254 g/mol. The van der Waals surface area contributed by atoms with E-state index in [1.807, 2.05) is 0 Å². The van der Waals surface area contributed by atoms with Crippen LogP contribution in [0.15, 0.2) is 18.2 Å². The molecule has 1 aromatic rings. The normalized spacial score (nSPS) is 16.5. The number of hydrogen-bond donors (Lipinski definition) is 0. The molecule has 0 aromatic heterocycles. The summed E-state index contributed by atoms with van der Waals surface area (Å²) in [7, 11) is 0. The Balaban J connectivity index is 2.17. The Bertz CT molecular complexity index is 430. The topological polar surface area (TPSA) is 52.4 Å². The molecule has 0 unspecified atom stereocenters. The van der Waals surface area contributed by atoms with E-state index in [2.05, 4.69) is 0 Å². The quantitative estimate of drug-likeness (QED) is 0.471. The largest absolute Gasteiger partial charge is 0.484 e. The summed E-state index contributed by atoms with van der Waals surface area (Å²) in [6.07, 6.45) is 5.58. The molecule has 1 aliphatic carbocycles. The van der Waals surface area contributed by atoms with Crippen molar-refractivity contribution in [1.29, 1.82) is 0 Å². The van der Waals surface area contributed by atoms with E-state index in [1.165, 1.54) is 12.5 Å². The van der Waals surface area contributed by atoms with Crippen LogP contribution in [0.5, 0.6) is 5.75 Å². The average Bonchev–Trinajstić information content (AvgIpc) is 2.40. The Hall–Kier alpha value is -1.29. The zero-order valence-electron chi connectivity index (χ0n) is 10.1. The molecular formula is C13H16ClNO3. The van der Waals surface area contributed by atoms with Crippen molar-refractivity contribution in [3.8, 4) is 5.75 Å². The minimum Gasteiger partial charge on any atom is -0.484 e. The second kappa shape index (κ2) is 6.05. The summed E-state index contributed by atoms with van der Waals surface area (Å²) >= 11 is 5.68. The minimum atomic E-state index is -0.409. The molecule has 0 amide bonds. The van der Waals surface area contributed by atoms with Gasteiger partial charge >= 0.3 is 5.69 Å².